The summed E-state index contributed by atoms with van der Waals surface area (Å²) in [6.07, 6.45) is 2.50. The van der Waals surface area contributed by atoms with Crippen LogP contribution in [0, 0.1) is 0 Å². The van der Waals surface area contributed by atoms with Gasteiger partial charge in [-0.2, -0.15) is 0 Å². The Morgan fingerprint density at radius 1 is 1.30 bits per heavy atom. The molecule has 1 saturated heterocycles. The minimum Gasteiger partial charge on any atom is -0.380 e. The molecule has 6 nitrogen and oxygen atoms in total. The molecule has 2 aliphatic rings. The van der Waals surface area contributed by atoms with Gasteiger partial charge >= 0.3 is 0 Å². The Balaban J connectivity index is 1.36. The van der Waals surface area contributed by atoms with Gasteiger partial charge in [-0.3, -0.25) is 9.78 Å². The lowest BCUT2D eigenvalue weighted by molar-refractivity contribution is -0.148. The molecule has 0 spiro atoms. The molecular formula is C24H32N4O2. The van der Waals surface area contributed by atoms with Crippen molar-refractivity contribution in [1.82, 2.24) is 14.8 Å². The fraction of sp³-hybridized carbons (Fsp3) is 0.500. The number of fused-ring (bicyclic) bond motifs is 1. The van der Waals surface area contributed by atoms with Crippen molar-refractivity contribution in [3.63, 3.8) is 0 Å². The van der Waals surface area contributed by atoms with Gasteiger partial charge in [0.15, 0.2) is 0 Å². The summed E-state index contributed by atoms with van der Waals surface area (Å²) in [6, 6.07) is 13.1. The first kappa shape index (κ1) is 20.8. The number of anilines is 1. The number of likely N-dealkylation sites (N-methyl/N-ethyl adjacent to an activating group) is 2. The van der Waals surface area contributed by atoms with Crippen LogP contribution in [0.5, 0.6) is 0 Å². The first-order valence-electron chi connectivity index (χ1n) is 10.7. The number of aromatic nitrogens is 1. The second-order valence-corrected chi connectivity index (χ2v) is 9.13. The number of nitrogens with one attached hydrogen (secondary N) is 1. The van der Waals surface area contributed by atoms with Crippen LogP contribution in [0.3, 0.4) is 0 Å². The number of pyridine rings is 1. The van der Waals surface area contributed by atoms with Crippen LogP contribution in [0.2, 0.25) is 0 Å². The van der Waals surface area contributed by atoms with E-state index in [2.05, 4.69) is 59.4 Å². The van der Waals surface area contributed by atoms with E-state index in [9.17, 15) is 4.79 Å². The minimum absolute atomic E-state index is 0.0102. The summed E-state index contributed by atoms with van der Waals surface area (Å²) >= 11 is 0. The molecule has 4 rings (SSSR count). The number of carbonyl (C=O) groups excluding carboxylic acids is 1. The van der Waals surface area contributed by atoms with Gasteiger partial charge in [-0.25, -0.2) is 0 Å². The number of hydrogen-bond acceptors (Lipinski definition) is 5. The summed E-state index contributed by atoms with van der Waals surface area (Å²) in [6.45, 7) is 7.17. The van der Waals surface area contributed by atoms with Crippen molar-refractivity contribution in [2.24, 2.45) is 0 Å². The Morgan fingerprint density at radius 2 is 2.10 bits per heavy atom. The molecule has 1 aromatic heterocycles. The van der Waals surface area contributed by atoms with E-state index in [-0.39, 0.29) is 17.4 Å². The lowest BCUT2D eigenvalue weighted by Crippen LogP contribution is -2.48. The van der Waals surface area contributed by atoms with E-state index in [0.717, 1.165) is 24.3 Å². The maximum absolute atomic E-state index is 12.7. The number of benzene rings is 1. The molecule has 2 unspecified atom stereocenters. The quantitative estimate of drug-likeness (QED) is 0.824. The van der Waals surface area contributed by atoms with Crippen LogP contribution in [-0.4, -0.2) is 66.6 Å². The van der Waals surface area contributed by atoms with Crippen LogP contribution in [0.25, 0.3) is 0 Å². The van der Waals surface area contributed by atoms with Gasteiger partial charge in [0.1, 0.15) is 6.10 Å². The SMILES string of the molecule is CN1CCOC(C(=O)N(C)Cc2ccc(NC3Cc4ccccc4C3(C)C)cn2)C1. The number of morpholine rings is 1. The normalized spacial score (nSPS) is 23.1. The number of ether oxygens (including phenoxy) is 1. The van der Waals surface area contributed by atoms with Crippen molar-refractivity contribution in [1.29, 1.82) is 0 Å². The lowest BCUT2D eigenvalue weighted by Gasteiger charge is -2.31. The summed E-state index contributed by atoms with van der Waals surface area (Å²) in [5.74, 6) is 0.0102. The first-order chi connectivity index (χ1) is 14.3. The van der Waals surface area contributed by atoms with Crippen LogP contribution in [0.1, 0.15) is 30.7 Å². The summed E-state index contributed by atoms with van der Waals surface area (Å²) in [7, 11) is 3.83. The summed E-state index contributed by atoms with van der Waals surface area (Å²) in [4.78, 5) is 21.1. The zero-order valence-electron chi connectivity index (χ0n) is 18.4. The van der Waals surface area contributed by atoms with Crippen LogP contribution < -0.4 is 5.32 Å². The Hall–Kier alpha value is -2.44. The van der Waals surface area contributed by atoms with Crippen LogP contribution in [-0.2, 0) is 27.9 Å². The Bertz CT molecular complexity index is 896. The highest BCUT2D eigenvalue weighted by atomic mass is 16.5. The predicted octanol–water partition coefficient (Wildman–Crippen LogP) is 2.69. The van der Waals surface area contributed by atoms with Crippen molar-refractivity contribution < 1.29 is 9.53 Å². The van der Waals surface area contributed by atoms with Gasteiger partial charge in [0, 0.05) is 31.6 Å². The smallest absolute Gasteiger partial charge is 0.253 e. The van der Waals surface area contributed by atoms with Gasteiger partial charge in [-0.05, 0) is 36.7 Å². The van der Waals surface area contributed by atoms with Crippen molar-refractivity contribution in [2.45, 2.75) is 44.4 Å². The maximum Gasteiger partial charge on any atom is 0.253 e. The number of nitrogens with zero attached hydrogens (tertiary/aromatic N) is 3. The van der Waals surface area contributed by atoms with Crippen LogP contribution in [0.15, 0.2) is 42.6 Å². The largest absolute Gasteiger partial charge is 0.380 e. The average Bonchev–Trinajstić information content (AvgIpc) is 2.99. The molecule has 2 heterocycles. The second-order valence-electron chi connectivity index (χ2n) is 9.13. The van der Waals surface area contributed by atoms with E-state index >= 15 is 0 Å². The standard InChI is InChI=1S/C24H32N4O2/c1-24(2)20-8-6-5-7-17(20)13-22(24)26-18-9-10-19(25-14-18)15-28(4)23(29)21-16-27(3)11-12-30-21/h5-10,14,21-22,26H,11-13,15-16H2,1-4H3. The van der Waals surface area contributed by atoms with Gasteiger partial charge < -0.3 is 19.9 Å². The first-order valence-corrected chi connectivity index (χ1v) is 10.7. The second kappa shape index (κ2) is 8.36. The molecule has 0 radical (unpaired) electrons. The number of rotatable bonds is 5. The highest BCUT2D eigenvalue weighted by molar-refractivity contribution is 5.81. The Morgan fingerprint density at radius 3 is 2.80 bits per heavy atom. The minimum atomic E-state index is -0.388. The molecule has 2 aromatic rings. The third-order valence-electron chi connectivity index (χ3n) is 6.49. The van der Waals surface area contributed by atoms with Gasteiger partial charge in [0.05, 0.1) is 30.7 Å². The molecular weight excluding hydrogens is 376 g/mol. The summed E-state index contributed by atoms with van der Waals surface area (Å²) in [5.41, 5.74) is 4.78. The molecule has 1 amide bonds. The molecule has 160 valence electrons. The van der Waals surface area contributed by atoms with Gasteiger partial charge in [0.2, 0.25) is 0 Å². The molecule has 6 heteroatoms. The van der Waals surface area contributed by atoms with Gasteiger partial charge in [0.25, 0.3) is 5.91 Å². The maximum atomic E-state index is 12.7. The zero-order chi connectivity index (χ0) is 21.3. The topological polar surface area (TPSA) is 57.7 Å². The lowest BCUT2D eigenvalue weighted by atomic mass is 9.83. The monoisotopic (exact) mass is 408 g/mol. The molecule has 1 N–H and O–H groups in total. The fourth-order valence-corrected chi connectivity index (χ4v) is 4.52. The Labute approximate surface area is 179 Å². The third kappa shape index (κ3) is 4.20. The van der Waals surface area contributed by atoms with Gasteiger partial charge in [-0.15, -0.1) is 0 Å². The molecule has 2 atom stereocenters. The molecule has 1 fully saturated rings. The Kier molecular flexibility index (Phi) is 5.80. The van der Waals surface area contributed by atoms with E-state index in [0.29, 0.717) is 25.7 Å². The van der Waals surface area contributed by atoms with E-state index in [1.165, 1.54) is 11.1 Å². The highest BCUT2D eigenvalue weighted by Crippen LogP contribution is 2.39. The van der Waals surface area contributed by atoms with E-state index in [1.54, 1.807) is 4.90 Å². The summed E-state index contributed by atoms with van der Waals surface area (Å²) < 4.78 is 5.65. The van der Waals surface area contributed by atoms with Crippen LogP contribution >= 0.6 is 0 Å². The van der Waals surface area contributed by atoms with Crippen molar-refractivity contribution >= 4 is 11.6 Å². The number of amides is 1. The van der Waals surface area contributed by atoms with Crippen LogP contribution in [0.4, 0.5) is 5.69 Å². The fourth-order valence-electron chi connectivity index (χ4n) is 4.52. The average molecular weight is 409 g/mol. The summed E-state index contributed by atoms with van der Waals surface area (Å²) in [5, 5.41) is 3.67. The van der Waals surface area contributed by atoms with Gasteiger partial charge in [-0.1, -0.05) is 38.1 Å². The predicted molar refractivity (Wildman–Crippen MR) is 119 cm³/mol. The molecule has 0 saturated carbocycles. The van der Waals surface area contributed by atoms with E-state index in [1.807, 2.05) is 26.4 Å². The van der Waals surface area contributed by atoms with E-state index in [4.69, 9.17) is 4.74 Å². The number of hydrogen-bond donors (Lipinski definition) is 1. The molecule has 30 heavy (non-hydrogen) atoms. The molecule has 1 aromatic carbocycles. The van der Waals surface area contributed by atoms with Crippen molar-refractivity contribution in [2.75, 3.05) is 39.1 Å². The molecule has 1 aliphatic carbocycles. The zero-order valence-corrected chi connectivity index (χ0v) is 18.4. The van der Waals surface area contributed by atoms with Crippen molar-refractivity contribution in [3.8, 4) is 0 Å². The molecule has 1 aliphatic heterocycles. The number of carbonyl (C=O) groups is 1. The third-order valence-corrected chi connectivity index (χ3v) is 6.49. The molecule has 0 bridgehead atoms. The highest BCUT2D eigenvalue weighted by Gasteiger charge is 2.39. The van der Waals surface area contributed by atoms with E-state index < -0.39 is 0 Å². The van der Waals surface area contributed by atoms with Crippen molar-refractivity contribution in [3.05, 3.63) is 59.4 Å².